The van der Waals surface area contributed by atoms with Crippen LogP contribution in [0.1, 0.15) is 223 Å². The van der Waals surface area contributed by atoms with E-state index >= 15 is 0 Å². The first kappa shape index (κ1) is 58.9. The topological polar surface area (TPSA) is 125 Å². The maximum atomic E-state index is 13.2. The third-order valence-electron chi connectivity index (χ3n) is 23.2. The Morgan fingerprint density at radius 3 is 1.33 bits per heavy atom. The fourth-order valence-corrected chi connectivity index (χ4v) is 19.0. The molecule has 0 aromatic heterocycles. The van der Waals surface area contributed by atoms with Crippen LogP contribution in [0.3, 0.4) is 0 Å². The summed E-state index contributed by atoms with van der Waals surface area (Å²) in [6, 6.07) is 0. The van der Waals surface area contributed by atoms with Crippen LogP contribution in [0.2, 0.25) is 0 Å². The first-order valence-electron chi connectivity index (χ1n) is 31.1. The van der Waals surface area contributed by atoms with E-state index in [1.54, 1.807) is 0 Å². The van der Waals surface area contributed by atoms with Crippen molar-refractivity contribution in [1.82, 2.24) is 0 Å². The fraction of sp³-hybridized carbons (Fsp3) is 0.821. The lowest BCUT2D eigenvalue weighted by Crippen LogP contribution is -2.51. The average Bonchev–Trinajstić information content (AvgIpc) is 3.99. The zero-order chi connectivity index (χ0) is 54.9. The SMILES string of the molecule is C=C(CC(=O)OC1CC[C@@]2(C)C(=CC[C@H]3[C@@H]4CC[C@H]([C@H](C)CCCC(C)C)[C@@]4(C)CC[C@@H]32)C1)C(=O)OCC(O)COC(=O)C(=C)CC(=O)OC1CC[C@@]2(C)C(=CC[C@H]3[C@@H]4CC[C@H]([C@H](C)CCCC(C)C)[C@@]4(C)CC[C@@H]32)C1. The largest absolute Gasteiger partial charge is 0.462 e. The van der Waals surface area contributed by atoms with Crippen molar-refractivity contribution in [1.29, 1.82) is 0 Å². The summed E-state index contributed by atoms with van der Waals surface area (Å²) in [5, 5.41) is 10.5. The molecular formula is C67H104O9. The lowest BCUT2D eigenvalue weighted by molar-refractivity contribution is -0.154. The summed E-state index contributed by atoms with van der Waals surface area (Å²) in [6.07, 6.45) is 28.7. The summed E-state index contributed by atoms with van der Waals surface area (Å²) in [6.45, 7) is 31.3. The third-order valence-corrected chi connectivity index (χ3v) is 23.2. The van der Waals surface area contributed by atoms with E-state index in [0.29, 0.717) is 22.7 Å². The van der Waals surface area contributed by atoms with Crippen LogP contribution in [0, 0.1) is 92.7 Å². The van der Waals surface area contributed by atoms with E-state index in [1.165, 1.54) is 101 Å². The van der Waals surface area contributed by atoms with Crippen LogP contribution in [0.15, 0.2) is 47.6 Å². The van der Waals surface area contributed by atoms with E-state index in [-0.39, 0.29) is 47.0 Å². The van der Waals surface area contributed by atoms with E-state index in [9.17, 15) is 24.3 Å². The monoisotopic (exact) mass is 1050 g/mol. The number of aliphatic hydroxyl groups excluding tert-OH is 1. The van der Waals surface area contributed by atoms with Crippen LogP contribution in [0.4, 0.5) is 0 Å². The second kappa shape index (κ2) is 24.3. The molecule has 0 saturated heterocycles. The molecule has 0 bridgehead atoms. The Morgan fingerprint density at radius 2 is 0.947 bits per heavy atom. The molecule has 0 heterocycles. The Balaban J connectivity index is 0.712. The molecule has 0 radical (unpaired) electrons. The van der Waals surface area contributed by atoms with Crippen LogP contribution < -0.4 is 0 Å². The van der Waals surface area contributed by atoms with Crippen molar-refractivity contribution in [3.8, 4) is 0 Å². The first-order valence-corrected chi connectivity index (χ1v) is 31.1. The highest BCUT2D eigenvalue weighted by Gasteiger charge is 2.61. The molecule has 2 unspecified atom stereocenters. The fourth-order valence-electron chi connectivity index (χ4n) is 19.0. The van der Waals surface area contributed by atoms with E-state index in [2.05, 4.69) is 94.5 Å². The number of hydrogen-bond donors (Lipinski definition) is 1. The number of ether oxygens (including phenoxy) is 4. The van der Waals surface area contributed by atoms with Gasteiger partial charge in [-0.3, -0.25) is 9.59 Å². The molecule has 8 aliphatic rings. The molecule has 0 aliphatic heterocycles. The minimum Gasteiger partial charge on any atom is -0.462 e. The van der Waals surface area contributed by atoms with Crippen molar-refractivity contribution >= 4 is 23.9 Å². The van der Waals surface area contributed by atoms with Crippen LogP contribution in [-0.2, 0) is 38.1 Å². The Morgan fingerprint density at radius 1 is 0.553 bits per heavy atom. The van der Waals surface area contributed by atoms with Crippen LogP contribution in [0.25, 0.3) is 0 Å². The van der Waals surface area contributed by atoms with Gasteiger partial charge >= 0.3 is 23.9 Å². The average molecular weight is 1050 g/mol. The molecule has 8 aliphatic carbocycles. The van der Waals surface area contributed by atoms with Crippen molar-refractivity contribution in [2.45, 2.75) is 242 Å². The molecule has 76 heavy (non-hydrogen) atoms. The molecule has 0 aromatic rings. The van der Waals surface area contributed by atoms with Gasteiger partial charge in [0.1, 0.15) is 31.5 Å². The van der Waals surface area contributed by atoms with Gasteiger partial charge in [0.2, 0.25) is 0 Å². The van der Waals surface area contributed by atoms with E-state index < -0.39 is 43.2 Å². The van der Waals surface area contributed by atoms with Gasteiger partial charge in [0.05, 0.1) is 12.8 Å². The number of aliphatic hydroxyl groups is 1. The van der Waals surface area contributed by atoms with Gasteiger partial charge in [-0.2, -0.15) is 0 Å². The maximum absolute atomic E-state index is 13.2. The van der Waals surface area contributed by atoms with Gasteiger partial charge < -0.3 is 24.1 Å². The van der Waals surface area contributed by atoms with Crippen molar-refractivity contribution in [2.24, 2.45) is 92.7 Å². The number of esters is 4. The molecule has 0 spiro atoms. The minimum atomic E-state index is -1.33. The second-order valence-electron chi connectivity index (χ2n) is 28.7. The van der Waals surface area contributed by atoms with E-state index in [1.807, 2.05) is 0 Å². The molecule has 9 nitrogen and oxygen atoms in total. The molecule has 0 amide bonds. The Bertz CT molecular complexity index is 2040. The molecule has 8 rings (SSSR count). The quantitative estimate of drug-likeness (QED) is 0.0488. The first-order chi connectivity index (χ1) is 36.0. The van der Waals surface area contributed by atoms with Crippen molar-refractivity contribution < 1.29 is 43.2 Å². The molecular weight excluding hydrogens is 949 g/mol. The summed E-state index contributed by atoms with van der Waals surface area (Å²) >= 11 is 0. The highest BCUT2D eigenvalue weighted by molar-refractivity contribution is 5.94. The number of allylic oxidation sites excluding steroid dienone is 2. The van der Waals surface area contributed by atoms with Crippen molar-refractivity contribution in [2.75, 3.05) is 13.2 Å². The highest BCUT2D eigenvalue weighted by atomic mass is 16.6. The smallest absolute Gasteiger partial charge is 0.334 e. The van der Waals surface area contributed by atoms with Crippen LogP contribution >= 0.6 is 0 Å². The summed E-state index contributed by atoms with van der Waals surface area (Å²) in [7, 11) is 0. The van der Waals surface area contributed by atoms with Crippen molar-refractivity contribution in [3.05, 3.63) is 47.6 Å². The van der Waals surface area contributed by atoms with E-state index in [0.717, 1.165) is 111 Å². The maximum Gasteiger partial charge on any atom is 0.334 e. The van der Waals surface area contributed by atoms with Crippen LogP contribution in [0.5, 0.6) is 0 Å². The van der Waals surface area contributed by atoms with Gasteiger partial charge in [-0.15, -0.1) is 0 Å². The second-order valence-corrected chi connectivity index (χ2v) is 28.7. The molecule has 0 aromatic carbocycles. The van der Waals surface area contributed by atoms with Gasteiger partial charge in [-0.25, -0.2) is 9.59 Å². The van der Waals surface area contributed by atoms with Gasteiger partial charge in [-0.1, -0.05) is 144 Å². The van der Waals surface area contributed by atoms with Crippen molar-refractivity contribution in [3.63, 3.8) is 0 Å². The molecule has 9 heteroatoms. The van der Waals surface area contributed by atoms with Gasteiger partial charge in [0.15, 0.2) is 0 Å². The Kier molecular flexibility index (Phi) is 18.8. The molecule has 16 atom stereocenters. The Labute approximate surface area is 460 Å². The summed E-state index contributed by atoms with van der Waals surface area (Å²) in [4.78, 5) is 52.0. The lowest BCUT2D eigenvalue weighted by Gasteiger charge is -2.58. The van der Waals surface area contributed by atoms with Gasteiger partial charge in [0, 0.05) is 24.0 Å². The Hall–Kier alpha value is -3.20. The standard InChI is InChI=1S/C67H104O9/c1-41(2)15-13-17-43(5)54-23-25-56-52-21-19-47-37-50(27-31-64(47,9)58(52)29-33-66(54,56)11)75-60(69)35-45(7)62(71)73-39-49(68)40-74-63(72)46(8)36-61(70)76-51-28-32-65(10)48(38-51)20-22-53-57-26-24-55(44(6)18-14-16-42(3)4)67(57,12)34-30-59(53)65/h19-20,41-44,49-59,68H,7-8,13-18,21-40H2,1-6,9-12H3/t43-,44-,49?,50?,51?,52+,53+,54-,55-,56+,57+,58+,59+,64+,65+,66-,67-/m1/s1. The summed E-state index contributed by atoms with van der Waals surface area (Å²) < 4.78 is 22.4. The number of carbonyl (C=O) groups excluding carboxylic acids is 4. The predicted molar refractivity (Wildman–Crippen MR) is 301 cm³/mol. The summed E-state index contributed by atoms with van der Waals surface area (Å²) in [5.74, 6) is 6.49. The molecule has 426 valence electrons. The summed E-state index contributed by atoms with van der Waals surface area (Å²) in [5.41, 5.74) is 3.89. The molecule has 6 saturated carbocycles. The number of rotatable bonds is 22. The lowest BCUT2D eigenvalue weighted by atomic mass is 9.47. The molecule has 6 fully saturated rings. The predicted octanol–water partition coefficient (Wildman–Crippen LogP) is 15.2. The third kappa shape index (κ3) is 12.4. The normalized spacial score (nSPS) is 37.6. The minimum absolute atomic E-state index is 0.0704. The number of carbonyl (C=O) groups is 4. The zero-order valence-corrected chi connectivity index (χ0v) is 49.3. The van der Waals surface area contributed by atoms with Gasteiger partial charge in [-0.05, 0) is 183 Å². The van der Waals surface area contributed by atoms with E-state index in [4.69, 9.17) is 18.9 Å². The zero-order valence-electron chi connectivity index (χ0n) is 49.3. The van der Waals surface area contributed by atoms with Gasteiger partial charge in [0.25, 0.3) is 0 Å². The number of hydrogen-bond acceptors (Lipinski definition) is 9. The number of fused-ring (bicyclic) bond motifs is 10. The molecule has 1 N–H and O–H groups in total. The van der Waals surface area contributed by atoms with Crippen LogP contribution in [-0.4, -0.2) is 60.5 Å². The highest BCUT2D eigenvalue weighted by Crippen LogP contribution is 2.69.